The second-order valence-electron chi connectivity index (χ2n) is 6.48. The number of aliphatic carboxylic acids is 1. The summed E-state index contributed by atoms with van der Waals surface area (Å²) in [4.78, 5) is 11.4. The molecule has 1 aliphatic carbocycles. The number of carboxylic acid groups (broad SMARTS) is 1. The lowest BCUT2D eigenvalue weighted by molar-refractivity contribution is -0.140. The van der Waals surface area contributed by atoms with Gasteiger partial charge in [-0.25, -0.2) is 0 Å². The summed E-state index contributed by atoms with van der Waals surface area (Å²) in [5.41, 5.74) is 0.789. The molecule has 4 nitrogen and oxygen atoms in total. The number of fused-ring (bicyclic) bond motifs is 1. The van der Waals surface area contributed by atoms with Gasteiger partial charge in [-0.1, -0.05) is 18.2 Å². The molecule has 1 aromatic rings. The molecule has 0 spiro atoms. The first-order valence-electron chi connectivity index (χ1n) is 7.23. The van der Waals surface area contributed by atoms with Crippen molar-refractivity contribution in [3.05, 3.63) is 29.8 Å². The van der Waals surface area contributed by atoms with Crippen molar-refractivity contribution in [2.45, 2.75) is 50.8 Å². The maximum absolute atomic E-state index is 11.4. The van der Waals surface area contributed by atoms with E-state index < -0.39 is 12.0 Å². The molecule has 4 heteroatoms. The summed E-state index contributed by atoms with van der Waals surface area (Å²) in [6, 6.07) is 7.50. The van der Waals surface area contributed by atoms with Gasteiger partial charge < -0.3 is 9.84 Å². The van der Waals surface area contributed by atoms with E-state index in [1.807, 2.05) is 38.1 Å². The van der Waals surface area contributed by atoms with Gasteiger partial charge in [0.15, 0.2) is 0 Å². The van der Waals surface area contributed by atoms with E-state index in [1.54, 1.807) is 0 Å². The minimum absolute atomic E-state index is 0.0386. The van der Waals surface area contributed by atoms with Crippen molar-refractivity contribution in [3.63, 3.8) is 0 Å². The van der Waals surface area contributed by atoms with E-state index in [0.29, 0.717) is 0 Å². The molecule has 3 rings (SSSR count). The Hall–Kier alpha value is -1.55. The van der Waals surface area contributed by atoms with Gasteiger partial charge in [-0.15, -0.1) is 0 Å². The summed E-state index contributed by atoms with van der Waals surface area (Å²) in [5.74, 6) is 0.404. The molecule has 0 amide bonds. The van der Waals surface area contributed by atoms with Gasteiger partial charge in [0, 0.05) is 18.0 Å². The molecule has 2 unspecified atom stereocenters. The first-order chi connectivity index (χ1) is 9.46. The van der Waals surface area contributed by atoms with Crippen LogP contribution in [0.15, 0.2) is 24.3 Å². The molecule has 108 valence electrons. The zero-order valence-corrected chi connectivity index (χ0v) is 11.9. The molecule has 1 fully saturated rings. The molecule has 2 N–H and O–H groups in total. The summed E-state index contributed by atoms with van der Waals surface area (Å²) in [6.07, 6.45) is 2.80. The molecule has 0 aromatic heterocycles. The number of nitrogens with one attached hydrogen (secondary N) is 1. The summed E-state index contributed by atoms with van der Waals surface area (Å²) >= 11 is 0. The molecule has 1 saturated carbocycles. The molecular formula is C16H21NO3. The molecule has 0 radical (unpaired) electrons. The number of carbonyl (C=O) groups is 1. The van der Waals surface area contributed by atoms with Gasteiger partial charge in [-0.05, 0) is 38.7 Å². The number of rotatable bonds is 4. The number of hydrogen-bond acceptors (Lipinski definition) is 3. The maximum atomic E-state index is 11.4. The third-order valence-electron chi connectivity index (χ3n) is 4.12. The lowest BCUT2D eigenvalue weighted by Crippen LogP contribution is -2.46. The summed E-state index contributed by atoms with van der Waals surface area (Å²) < 4.78 is 5.98. The van der Waals surface area contributed by atoms with Crippen LogP contribution < -0.4 is 10.1 Å². The molecule has 2 aliphatic rings. The van der Waals surface area contributed by atoms with E-state index in [2.05, 4.69) is 5.32 Å². The van der Waals surface area contributed by atoms with Crippen molar-refractivity contribution < 1.29 is 14.6 Å². The monoisotopic (exact) mass is 275 g/mol. The summed E-state index contributed by atoms with van der Waals surface area (Å²) in [6.45, 7) is 4.09. The Balaban J connectivity index is 1.86. The topological polar surface area (TPSA) is 58.6 Å². The van der Waals surface area contributed by atoms with E-state index >= 15 is 0 Å². The Morgan fingerprint density at radius 3 is 2.75 bits per heavy atom. The largest absolute Gasteiger partial charge is 0.487 e. The Morgan fingerprint density at radius 2 is 2.10 bits per heavy atom. The molecule has 1 aromatic carbocycles. The van der Waals surface area contributed by atoms with Crippen LogP contribution in [-0.4, -0.2) is 22.7 Å². The molecular weight excluding hydrogens is 254 g/mol. The van der Waals surface area contributed by atoms with Gasteiger partial charge in [0.2, 0.25) is 0 Å². The highest BCUT2D eigenvalue weighted by atomic mass is 16.5. The second-order valence-corrected chi connectivity index (χ2v) is 6.48. The van der Waals surface area contributed by atoms with Gasteiger partial charge in [-0.3, -0.25) is 10.1 Å². The van der Waals surface area contributed by atoms with Crippen LogP contribution in [0.2, 0.25) is 0 Å². The quantitative estimate of drug-likeness (QED) is 0.887. The number of hydrogen-bond donors (Lipinski definition) is 2. The van der Waals surface area contributed by atoms with Crippen molar-refractivity contribution in [2.24, 2.45) is 5.92 Å². The van der Waals surface area contributed by atoms with Crippen LogP contribution in [0.1, 0.15) is 44.7 Å². The minimum atomic E-state index is -0.741. The van der Waals surface area contributed by atoms with Crippen LogP contribution in [-0.2, 0) is 4.79 Å². The van der Waals surface area contributed by atoms with Gasteiger partial charge >= 0.3 is 5.97 Å². The Kier molecular flexibility index (Phi) is 3.21. The average Bonchev–Trinajstić information content (AvgIpc) is 3.18. The van der Waals surface area contributed by atoms with Crippen molar-refractivity contribution in [1.82, 2.24) is 5.32 Å². The first-order valence-corrected chi connectivity index (χ1v) is 7.23. The van der Waals surface area contributed by atoms with Gasteiger partial charge in [0.1, 0.15) is 17.4 Å². The van der Waals surface area contributed by atoms with Crippen LogP contribution in [0, 0.1) is 5.92 Å². The normalized spacial score (nSPS) is 25.4. The van der Waals surface area contributed by atoms with Crippen LogP contribution in [0.25, 0.3) is 0 Å². The van der Waals surface area contributed by atoms with Crippen molar-refractivity contribution in [3.8, 4) is 5.75 Å². The third kappa shape index (κ3) is 2.66. The minimum Gasteiger partial charge on any atom is -0.487 e. The Bertz CT molecular complexity index is 522. The highest BCUT2D eigenvalue weighted by molar-refractivity contribution is 5.74. The number of para-hydroxylation sites is 1. The lowest BCUT2D eigenvalue weighted by atomic mass is 9.89. The van der Waals surface area contributed by atoms with E-state index in [-0.39, 0.29) is 17.6 Å². The zero-order chi connectivity index (χ0) is 14.3. The smallest absolute Gasteiger partial charge is 0.320 e. The molecule has 1 aliphatic heterocycles. The molecule has 2 atom stereocenters. The van der Waals surface area contributed by atoms with Crippen LogP contribution >= 0.6 is 0 Å². The van der Waals surface area contributed by atoms with Crippen LogP contribution in [0.3, 0.4) is 0 Å². The van der Waals surface area contributed by atoms with E-state index in [1.165, 1.54) is 0 Å². The lowest BCUT2D eigenvalue weighted by Gasteiger charge is -2.39. The Labute approximate surface area is 119 Å². The number of ether oxygens (including phenoxy) is 1. The van der Waals surface area contributed by atoms with Gasteiger partial charge in [0.25, 0.3) is 0 Å². The standard InChI is InChI=1S/C16H21NO3/c1-16(2)9-12(11-5-3-4-6-13(11)20-16)17-14(15(18)19)10-7-8-10/h3-6,10,12,14,17H,7-9H2,1-2H3,(H,18,19). The fourth-order valence-electron chi connectivity index (χ4n) is 3.01. The highest BCUT2D eigenvalue weighted by Crippen LogP contribution is 2.41. The molecule has 20 heavy (non-hydrogen) atoms. The predicted molar refractivity (Wildman–Crippen MR) is 75.8 cm³/mol. The number of benzene rings is 1. The zero-order valence-electron chi connectivity index (χ0n) is 11.9. The fraction of sp³-hybridized carbons (Fsp3) is 0.562. The summed E-state index contributed by atoms with van der Waals surface area (Å²) in [5, 5.41) is 12.7. The average molecular weight is 275 g/mol. The van der Waals surface area contributed by atoms with Gasteiger partial charge in [0.05, 0.1) is 0 Å². The SMILES string of the molecule is CC1(C)CC(NC(C(=O)O)C2CC2)c2ccccc2O1. The van der Waals surface area contributed by atoms with E-state index in [0.717, 1.165) is 30.6 Å². The number of carboxylic acids is 1. The van der Waals surface area contributed by atoms with Gasteiger partial charge in [-0.2, -0.15) is 0 Å². The molecule has 1 heterocycles. The van der Waals surface area contributed by atoms with Crippen LogP contribution in [0.4, 0.5) is 0 Å². The predicted octanol–water partition coefficient (Wildman–Crippen LogP) is 2.74. The highest BCUT2D eigenvalue weighted by Gasteiger charge is 2.41. The third-order valence-corrected chi connectivity index (χ3v) is 4.12. The molecule has 0 bridgehead atoms. The van der Waals surface area contributed by atoms with Crippen molar-refractivity contribution in [1.29, 1.82) is 0 Å². The second kappa shape index (κ2) is 4.77. The summed E-state index contributed by atoms with van der Waals surface area (Å²) in [7, 11) is 0. The fourth-order valence-corrected chi connectivity index (χ4v) is 3.01. The first kappa shape index (κ1) is 13.4. The van der Waals surface area contributed by atoms with E-state index in [4.69, 9.17) is 4.74 Å². The van der Waals surface area contributed by atoms with Crippen molar-refractivity contribution in [2.75, 3.05) is 0 Å². The molecule has 0 saturated heterocycles. The maximum Gasteiger partial charge on any atom is 0.320 e. The van der Waals surface area contributed by atoms with Crippen LogP contribution in [0.5, 0.6) is 5.75 Å². The van der Waals surface area contributed by atoms with E-state index in [9.17, 15) is 9.90 Å². The van der Waals surface area contributed by atoms with Crippen molar-refractivity contribution >= 4 is 5.97 Å². The Morgan fingerprint density at radius 1 is 1.40 bits per heavy atom.